The van der Waals surface area contributed by atoms with E-state index in [0.717, 1.165) is 11.0 Å². The second kappa shape index (κ2) is 16.4. The third kappa shape index (κ3) is 36.4. The number of hydrogen-bond donors (Lipinski definition) is 6. The van der Waals surface area contributed by atoms with Crippen LogP contribution in [0, 0.1) is 0 Å². The third-order valence-corrected chi connectivity index (χ3v) is 1.69. The van der Waals surface area contributed by atoms with E-state index >= 15 is 0 Å². The van der Waals surface area contributed by atoms with Crippen LogP contribution in [-0.4, -0.2) is 100 Å². The van der Waals surface area contributed by atoms with Crippen molar-refractivity contribution >= 4 is 11.9 Å². The van der Waals surface area contributed by atoms with Crippen molar-refractivity contribution in [2.45, 2.75) is 25.6 Å². The van der Waals surface area contributed by atoms with E-state index in [1.54, 1.807) is 0 Å². The molecule has 6 N–H and O–H groups in total. The van der Waals surface area contributed by atoms with Gasteiger partial charge in [-0.1, -0.05) is 0 Å². The minimum Gasteiger partial charge on any atom is -1.00 e. The lowest BCUT2D eigenvalue weighted by molar-refractivity contribution is -0.870. The fraction of sp³-hybridized carbons (Fsp3) is 0.833. The number of carboxylic acid groups (broad SMARTS) is 2. The highest BCUT2D eigenvalue weighted by Gasteiger charge is 2.16. The third-order valence-electron chi connectivity index (χ3n) is 1.69. The molecule has 0 aromatic rings. The van der Waals surface area contributed by atoms with E-state index in [4.69, 9.17) is 30.6 Å². The molecule has 136 valence electrons. The van der Waals surface area contributed by atoms with Gasteiger partial charge in [0.25, 0.3) is 0 Å². The first-order chi connectivity index (χ1) is 9.37. The molecule has 9 nitrogen and oxygen atoms in total. The molecule has 2 atom stereocenters. The highest BCUT2D eigenvalue weighted by atomic mass is 35.5. The maximum atomic E-state index is 9.72. The molecule has 22 heavy (non-hydrogen) atoms. The summed E-state index contributed by atoms with van der Waals surface area (Å²) >= 11 is 0. The van der Waals surface area contributed by atoms with E-state index in [0.29, 0.717) is 0 Å². The minimum absolute atomic E-state index is 0. The van der Waals surface area contributed by atoms with Gasteiger partial charge in [-0.25, -0.2) is 4.79 Å². The van der Waals surface area contributed by atoms with Gasteiger partial charge in [0.05, 0.1) is 46.9 Å². The number of quaternary nitrogens is 1. The predicted molar refractivity (Wildman–Crippen MR) is 74.6 cm³/mol. The molecule has 0 heterocycles. The van der Waals surface area contributed by atoms with Crippen LogP contribution in [0.15, 0.2) is 0 Å². The van der Waals surface area contributed by atoms with E-state index in [1.807, 2.05) is 0 Å². The number of rotatable bonds is 6. The zero-order valence-electron chi connectivity index (χ0n) is 13.3. The quantitative estimate of drug-likeness (QED) is 0.260. The summed E-state index contributed by atoms with van der Waals surface area (Å²) in [5.41, 5.74) is 0. The Bertz CT molecular complexity index is 281. The average Bonchev–Trinajstić information content (AvgIpc) is 2.27. The highest BCUT2D eigenvalue weighted by Crippen LogP contribution is 1.89. The van der Waals surface area contributed by atoms with Crippen LogP contribution in [0.3, 0.4) is 0 Å². The maximum absolute atomic E-state index is 9.72. The largest absolute Gasteiger partial charge is 1.00 e. The van der Waals surface area contributed by atoms with E-state index in [2.05, 4.69) is 21.1 Å². The van der Waals surface area contributed by atoms with Crippen LogP contribution in [0.2, 0.25) is 0 Å². The normalized spacial score (nSPS) is 12.4. The van der Waals surface area contributed by atoms with Crippen LogP contribution in [0.25, 0.3) is 0 Å². The highest BCUT2D eigenvalue weighted by molar-refractivity contribution is 5.79. The van der Waals surface area contributed by atoms with Crippen molar-refractivity contribution in [2.24, 2.45) is 0 Å². The van der Waals surface area contributed by atoms with Gasteiger partial charge < -0.3 is 47.5 Å². The Morgan fingerprint density at radius 1 is 1.05 bits per heavy atom. The summed E-state index contributed by atoms with van der Waals surface area (Å²) in [4.78, 5) is 19.4. The summed E-state index contributed by atoms with van der Waals surface area (Å²) in [6.45, 7) is 2.50. The van der Waals surface area contributed by atoms with E-state index in [-0.39, 0.29) is 25.6 Å². The zero-order valence-corrected chi connectivity index (χ0v) is 14.1. The van der Waals surface area contributed by atoms with Crippen LogP contribution in [-0.2, 0) is 9.59 Å². The number of aliphatic hydroxyl groups excluding tert-OH is 4. The van der Waals surface area contributed by atoms with Crippen LogP contribution >= 0.6 is 0 Å². The lowest BCUT2D eigenvalue weighted by Crippen LogP contribution is -3.00. The number of aliphatic carboxylic acids is 2. The molecule has 2 unspecified atom stereocenters. The molecule has 0 fully saturated rings. The Kier molecular flexibility index (Phi) is 21.7. The van der Waals surface area contributed by atoms with Crippen molar-refractivity contribution in [2.75, 3.05) is 40.9 Å². The molecule has 0 aliphatic heterocycles. The van der Waals surface area contributed by atoms with Crippen molar-refractivity contribution in [1.29, 1.82) is 0 Å². The molecule has 0 spiro atoms. The zero-order chi connectivity index (χ0) is 17.6. The van der Waals surface area contributed by atoms with Crippen LogP contribution in [0.1, 0.15) is 13.3 Å². The van der Waals surface area contributed by atoms with E-state index in [1.165, 1.54) is 6.92 Å². The number of nitrogens with zero attached hydrogens (tertiary/aromatic N) is 1. The summed E-state index contributed by atoms with van der Waals surface area (Å²) in [5.74, 6) is -2.85. The fourth-order valence-electron chi connectivity index (χ4n) is 0.553. The molecule has 0 aromatic heterocycles. The summed E-state index contributed by atoms with van der Waals surface area (Å²) in [7, 11) is 6.16. The van der Waals surface area contributed by atoms with Crippen LogP contribution in [0.5, 0.6) is 0 Å². The van der Waals surface area contributed by atoms with Crippen molar-refractivity contribution in [3.63, 3.8) is 0 Å². The monoisotopic (exact) mass is 349 g/mol. The molecule has 0 aliphatic rings. The molecular weight excluding hydrogens is 322 g/mol. The molecule has 0 radical (unpaired) electrons. The van der Waals surface area contributed by atoms with Gasteiger partial charge in [-0.15, -0.1) is 0 Å². The Morgan fingerprint density at radius 3 is 1.45 bits per heavy atom. The van der Waals surface area contributed by atoms with Crippen molar-refractivity contribution in [1.82, 2.24) is 0 Å². The van der Waals surface area contributed by atoms with Gasteiger partial charge in [-0.05, 0) is 6.92 Å². The second-order valence-corrected chi connectivity index (χ2v) is 5.22. The maximum Gasteiger partial charge on any atom is 0.333 e. The Morgan fingerprint density at radius 2 is 1.41 bits per heavy atom. The first-order valence-corrected chi connectivity index (χ1v) is 6.20. The Hall–Kier alpha value is -0.970. The molecule has 0 saturated carbocycles. The minimum atomic E-state index is -1.79. The average molecular weight is 350 g/mol. The molecule has 0 amide bonds. The summed E-state index contributed by atoms with van der Waals surface area (Å²) in [5, 5.41) is 48.5. The predicted octanol–water partition coefficient (Wildman–Crippen LogP) is -5.04. The van der Waals surface area contributed by atoms with Gasteiger partial charge in [-0.2, -0.15) is 0 Å². The summed E-state index contributed by atoms with van der Waals surface area (Å²) < 4.78 is 0.844. The first-order valence-electron chi connectivity index (χ1n) is 6.20. The van der Waals surface area contributed by atoms with Gasteiger partial charge in [0.1, 0.15) is 6.54 Å². The molecule has 0 saturated heterocycles. The van der Waals surface area contributed by atoms with Crippen molar-refractivity contribution in [3.05, 3.63) is 0 Å². The molecule has 10 heteroatoms. The number of aliphatic hydroxyl groups is 4. The van der Waals surface area contributed by atoms with E-state index < -0.39 is 30.6 Å². The SMILES string of the molecule is CC(O)CO.C[N+](C)(C)CCO.O=C(O)CC(O)C(=O)O.[Cl-]. The van der Waals surface area contributed by atoms with Crippen LogP contribution < -0.4 is 12.4 Å². The number of hydrogen-bond acceptors (Lipinski definition) is 6. The topological polar surface area (TPSA) is 156 Å². The summed E-state index contributed by atoms with van der Waals surface area (Å²) in [6, 6.07) is 0. The number of carboxylic acids is 2. The number of likely N-dealkylation sites (N-methyl/N-ethyl adjacent to an activating group) is 1. The summed E-state index contributed by atoms with van der Waals surface area (Å²) in [6.07, 6.45) is -3.10. The fourth-order valence-corrected chi connectivity index (χ4v) is 0.553. The van der Waals surface area contributed by atoms with E-state index in [9.17, 15) is 9.59 Å². The van der Waals surface area contributed by atoms with Crippen LogP contribution in [0.4, 0.5) is 0 Å². The van der Waals surface area contributed by atoms with Crippen molar-refractivity contribution < 1.29 is 57.1 Å². The Balaban J connectivity index is -0.000000113. The van der Waals surface area contributed by atoms with Gasteiger partial charge in [0, 0.05) is 0 Å². The molecular formula is C12H28ClNO8. The second-order valence-electron chi connectivity index (χ2n) is 5.22. The molecule has 0 bridgehead atoms. The lowest BCUT2D eigenvalue weighted by Gasteiger charge is -2.21. The number of carbonyl (C=O) groups is 2. The molecule has 0 aromatic carbocycles. The van der Waals surface area contributed by atoms with Gasteiger partial charge >= 0.3 is 11.9 Å². The number of halogens is 1. The smallest absolute Gasteiger partial charge is 0.333 e. The first kappa shape index (κ1) is 29.1. The van der Waals surface area contributed by atoms with Gasteiger partial charge in [-0.3, -0.25) is 4.79 Å². The van der Waals surface area contributed by atoms with Crippen molar-refractivity contribution in [3.8, 4) is 0 Å². The van der Waals surface area contributed by atoms with Gasteiger partial charge in [0.2, 0.25) is 0 Å². The van der Waals surface area contributed by atoms with Gasteiger partial charge in [0.15, 0.2) is 6.10 Å². The lowest BCUT2D eigenvalue weighted by atomic mass is 10.3. The Labute approximate surface area is 136 Å². The molecule has 0 aliphatic carbocycles. The molecule has 0 rings (SSSR count). The standard InChI is InChI=1S/C5H14NO.C4H6O5.C3H8O2.ClH/c1-6(2,3)4-5-7;5-2(4(8)9)1-3(6)7;1-3(5)2-4;/h7H,4-5H2,1-3H3;2,5H,1H2,(H,6,7)(H,8,9);3-5H,2H2,1H3;1H/q+1;;;/p-1.